The molecule has 1 aliphatic carbocycles. The van der Waals surface area contributed by atoms with Gasteiger partial charge in [0.15, 0.2) is 0 Å². The molecule has 2 N–H and O–H groups in total. The number of aliphatic hydroxyl groups excluding tert-OH is 1. The molecule has 1 aromatic rings. The summed E-state index contributed by atoms with van der Waals surface area (Å²) in [5.41, 5.74) is 2.94. The molecule has 3 heteroatoms. The molecule has 2 rings (SSSR count). The summed E-state index contributed by atoms with van der Waals surface area (Å²) in [5.74, 6) is -1.30. The summed E-state index contributed by atoms with van der Waals surface area (Å²) in [4.78, 5) is 10.9. The number of benzene rings is 1. The molecule has 1 aromatic carbocycles. The van der Waals surface area contributed by atoms with E-state index in [1.54, 1.807) is 6.92 Å². The fraction of sp³-hybridized carbons (Fsp3) is 0.471. The van der Waals surface area contributed by atoms with E-state index in [-0.39, 0.29) is 6.10 Å². The molecular weight excluding hydrogens is 252 g/mol. The Hall–Kier alpha value is -1.61. The van der Waals surface area contributed by atoms with Crippen LogP contribution in [0.4, 0.5) is 0 Å². The highest BCUT2D eigenvalue weighted by Crippen LogP contribution is 2.25. The predicted molar refractivity (Wildman–Crippen MR) is 79.6 cm³/mol. The van der Waals surface area contributed by atoms with E-state index in [2.05, 4.69) is 0 Å². The molecule has 0 saturated heterocycles. The number of rotatable bonds is 3. The summed E-state index contributed by atoms with van der Waals surface area (Å²) in [5, 5.41) is 19.1. The summed E-state index contributed by atoms with van der Waals surface area (Å²) in [6.45, 7) is 1.69. The van der Waals surface area contributed by atoms with Crippen LogP contribution in [-0.2, 0) is 4.79 Å². The lowest BCUT2D eigenvalue weighted by molar-refractivity contribution is -0.138. The third-order valence-electron chi connectivity index (χ3n) is 4.03. The summed E-state index contributed by atoms with van der Waals surface area (Å²) < 4.78 is 0. The fourth-order valence-electron chi connectivity index (χ4n) is 2.60. The minimum Gasteiger partial charge on any atom is -0.481 e. The van der Waals surface area contributed by atoms with E-state index in [0.717, 1.165) is 42.4 Å². The Labute approximate surface area is 120 Å². The van der Waals surface area contributed by atoms with Crippen LogP contribution in [0.1, 0.15) is 56.1 Å². The first kappa shape index (κ1) is 14.8. The minimum atomic E-state index is -0.810. The lowest BCUT2D eigenvalue weighted by atomic mass is 9.97. The van der Waals surface area contributed by atoms with Crippen molar-refractivity contribution in [3.05, 3.63) is 41.0 Å². The zero-order valence-corrected chi connectivity index (χ0v) is 11.9. The molecule has 0 amide bonds. The van der Waals surface area contributed by atoms with Crippen molar-refractivity contribution in [2.75, 3.05) is 0 Å². The highest BCUT2D eigenvalue weighted by atomic mass is 16.4. The van der Waals surface area contributed by atoms with Crippen LogP contribution in [0.5, 0.6) is 0 Å². The van der Waals surface area contributed by atoms with Gasteiger partial charge in [0.2, 0.25) is 0 Å². The van der Waals surface area contributed by atoms with Crippen LogP contribution in [0, 0.1) is 0 Å². The van der Waals surface area contributed by atoms with Gasteiger partial charge in [-0.2, -0.15) is 0 Å². The maximum atomic E-state index is 10.9. The van der Waals surface area contributed by atoms with Gasteiger partial charge in [-0.05, 0) is 42.9 Å². The molecule has 2 unspecified atom stereocenters. The van der Waals surface area contributed by atoms with Crippen LogP contribution in [0.15, 0.2) is 29.8 Å². The Morgan fingerprint density at radius 1 is 1.25 bits per heavy atom. The average molecular weight is 274 g/mol. The highest BCUT2D eigenvalue weighted by Gasteiger charge is 2.15. The van der Waals surface area contributed by atoms with Crippen molar-refractivity contribution in [1.82, 2.24) is 0 Å². The van der Waals surface area contributed by atoms with Crippen molar-refractivity contribution in [3.63, 3.8) is 0 Å². The lowest BCUT2D eigenvalue weighted by Crippen LogP contribution is -2.08. The van der Waals surface area contributed by atoms with Gasteiger partial charge in [0.1, 0.15) is 0 Å². The number of carboxylic acids is 1. The van der Waals surface area contributed by atoms with Crippen LogP contribution >= 0.6 is 0 Å². The van der Waals surface area contributed by atoms with Crippen LogP contribution in [-0.4, -0.2) is 22.3 Å². The summed E-state index contributed by atoms with van der Waals surface area (Å²) in [6.07, 6.45) is 6.93. The normalized spacial score (nSPS) is 23.3. The van der Waals surface area contributed by atoms with Crippen molar-refractivity contribution in [3.8, 4) is 0 Å². The SMILES string of the molecule is CC(C(=O)O)c1ccc(/C=C2/CCCCCC2O)cc1. The Kier molecular flexibility index (Phi) is 4.96. The van der Waals surface area contributed by atoms with Crippen molar-refractivity contribution in [2.24, 2.45) is 0 Å². The van der Waals surface area contributed by atoms with Crippen LogP contribution < -0.4 is 0 Å². The maximum Gasteiger partial charge on any atom is 0.310 e. The van der Waals surface area contributed by atoms with Gasteiger partial charge in [-0.15, -0.1) is 0 Å². The van der Waals surface area contributed by atoms with Gasteiger partial charge in [-0.25, -0.2) is 0 Å². The Bertz CT molecular complexity index is 487. The smallest absolute Gasteiger partial charge is 0.310 e. The van der Waals surface area contributed by atoms with Gasteiger partial charge in [-0.1, -0.05) is 43.2 Å². The van der Waals surface area contributed by atoms with Crippen LogP contribution in [0.2, 0.25) is 0 Å². The number of carboxylic acid groups (broad SMARTS) is 1. The third kappa shape index (κ3) is 3.70. The maximum absolute atomic E-state index is 10.9. The second-order valence-electron chi connectivity index (χ2n) is 5.56. The first-order valence-corrected chi connectivity index (χ1v) is 7.29. The molecule has 3 nitrogen and oxygen atoms in total. The summed E-state index contributed by atoms with van der Waals surface area (Å²) in [7, 11) is 0. The van der Waals surface area contributed by atoms with Gasteiger partial charge in [0.05, 0.1) is 12.0 Å². The standard InChI is InChI=1S/C17H22O3/c1-12(17(19)20)14-9-7-13(8-10-14)11-15-5-3-2-4-6-16(15)18/h7-12,16,18H,2-6H2,1H3,(H,19,20)/b15-11-. The third-order valence-corrected chi connectivity index (χ3v) is 4.03. The second-order valence-corrected chi connectivity index (χ2v) is 5.56. The minimum absolute atomic E-state index is 0.324. The molecule has 0 spiro atoms. The van der Waals surface area contributed by atoms with Gasteiger partial charge in [-0.3, -0.25) is 4.79 Å². The van der Waals surface area contributed by atoms with Crippen molar-refractivity contribution in [2.45, 2.75) is 51.0 Å². The van der Waals surface area contributed by atoms with Gasteiger partial charge < -0.3 is 10.2 Å². The van der Waals surface area contributed by atoms with Crippen molar-refractivity contribution >= 4 is 12.0 Å². The van der Waals surface area contributed by atoms with Crippen molar-refractivity contribution in [1.29, 1.82) is 0 Å². The first-order chi connectivity index (χ1) is 9.58. The highest BCUT2D eigenvalue weighted by molar-refractivity contribution is 5.75. The molecular formula is C17H22O3. The number of hydrogen-bond donors (Lipinski definition) is 2. The zero-order chi connectivity index (χ0) is 14.5. The van der Waals surface area contributed by atoms with Crippen LogP contribution in [0.25, 0.3) is 6.08 Å². The fourth-order valence-corrected chi connectivity index (χ4v) is 2.60. The van der Waals surface area contributed by atoms with E-state index >= 15 is 0 Å². The Morgan fingerprint density at radius 3 is 2.60 bits per heavy atom. The number of carbonyl (C=O) groups is 1. The zero-order valence-electron chi connectivity index (χ0n) is 11.9. The van der Waals surface area contributed by atoms with Gasteiger partial charge in [0, 0.05) is 0 Å². The summed E-state index contributed by atoms with van der Waals surface area (Å²) in [6, 6.07) is 7.57. The Balaban J connectivity index is 2.15. The summed E-state index contributed by atoms with van der Waals surface area (Å²) >= 11 is 0. The molecule has 0 heterocycles. The molecule has 0 aromatic heterocycles. The van der Waals surface area contributed by atoms with Gasteiger partial charge >= 0.3 is 5.97 Å². The molecule has 1 saturated carbocycles. The van der Waals surface area contributed by atoms with E-state index in [4.69, 9.17) is 5.11 Å². The van der Waals surface area contributed by atoms with E-state index < -0.39 is 11.9 Å². The molecule has 0 aliphatic heterocycles. The van der Waals surface area contributed by atoms with Crippen LogP contribution in [0.3, 0.4) is 0 Å². The second kappa shape index (κ2) is 6.71. The molecule has 1 aliphatic rings. The molecule has 20 heavy (non-hydrogen) atoms. The van der Waals surface area contributed by atoms with Crippen molar-refractivity contribution < 1.29 is 15.0 Å². The predicted octanol–water partition coefficient (Wildman–Crippen LogP) is 3.58. The lowest BCUT2D eigenvalue weighted by Gasteiger charge is -2.11. The molecule has 1 fully saturated rings. The van der Waals surface area contributed by atoms with E-state index in [0.29, 0.717) is 0 Å². The number of aliphatic hydroxyl groups is 1. The monoisotopic (exact) mass is 274 g/mol. The number of aliphatic carboxylic acids is 1. The Morgan fingerprint density at radius 2 is 1.95 bits per heavy atom. The first-order valence-electron chi connectivity index (χ1n) is 7.29. The average Bonchev–Trinajstić information content (AvgIpc) is 2.64. The molecule has 108 valence electrons. The molecule has 2 atom stereocenters. The van der Waals surface area contributed by atoms with E-state index in [9.17, 15) is 9.90 Å². The quantitative estimate of drug-likeness (QED) is 0.828. The van der Waals surface area contributed by atoms with Gasteiger partial charge in [0.25, 0.3) is 0 Å². The van der Waals surface area contributed by atoms with E-state index in [1.165, 1.54) is 6.42 Å². The molecule has 0 radical (unpaired) electrons. The number of hydrogen-bond acceptors (Lipinski definition) is 2. The largest absolute Gasteiger partial charge is 0.481 e. The van der Waals surface area contributed by atoms with E-state index in [1.807, 2.05) is 30.3 Å². The topological polar surface area (TPSA) is 57.5 Å². The molecule has 0 bridgehead atoms.